The Balaban J connectivity index is 1.54. The molecule has 2 heterocycles. The highest BCUT2D eigenvalue weighted by atomic mass is 19.4. The maximum Gasteiger partial charge on any atom is 0.393 e. The number of anilines is 1. The van der Waals surface area contributed by atoms with Crippen LogP contribution in [-0.2, 0) is 11.3 Å². The molecule has 1 amide bonds. The topological polar surface area (TPSA) is 67.3 Å². The molecule has 0 unspecified atom stereocenters. The molecule has 0 radical (unpaired) electrons. The van der Waals surface area contributed by atoms with Crippen molar-refractivity contribution in [3.05, 3.63) is 71.8 Å². The van der Waals surface area contributed by atoms with Gasteiger partial charge in [0, 0.05) is 24.3 Å². The zero-order chi connectivity index (χ0) is 25.2. The minimum atomic E-state index is -4.40. The molecule has 35 heavy (non-hydrogen) atoms. The van der Waals surface area contributed by atoms with Crippen molar-refractivity contribution < 1.29 is 27.1 Å². The Morgan fingerprint density at radius 2 is 1.83 bits per heavy atom. The lowest BCUT2D eigenvalue weighted by Crippen LogP contribution is -2.39. The lowest BCUT2D eigenvalue weighted by atomic mass is 10.0. The quantitative estimate of drug-likeness (QED) is 0.495. The third kappa shape index (κ3) is 5.76. The third-order valence-corrected chi connectivity index (χ3v) is 6.08. The Morgan fingerprint density at radius 1 is 1.14 bits per heavy atom. The van der Waals surface area contributed by atoms with E-state index in [0.717, 1.165) is 23.5 Å². The largest absolute Gasteiger partial charge is 0.497 e. The molecule has 1 aromatic heterocycles. The average Bonchev–Trinajstić information content (AvgIpc) is 3.26. The number of aryl methyl sites for hydroxylation is 1. The van der Waals surface area contributed by atoms with Gasteiger partial charge in [0.1, 0.15) is 5.75 Å². The monoisotopic (exact) mass is 488 g/mol. The normalized spacial score (nSPS) is 18.5. The SMILES string of the molecule is COc1ccc(CN2C[C@H](C(F)(F)F)C[C@@H]2C(=O)Nc2ccc(C)c(-c3ncc(F)cn3)c2)cc1. The van der Waals surface area contributed by atoms with E-state index in [1.54, 1.807) is 47.4 Å². The molecule has 4 rings (SSSR count). The zero-order valence-corrected chi connectivity index (χ0v) is 19.1. The second-order valence-corrected chi connectivity index (χ2v) is 8.51. The van der Waals surface area contributed by atoms with E-state index in [9.17, 15) is 22.4 Å². The number of hydrogen-bond donors (Lipinski definition) is 1. The summed E-state index contributed by atoms with van der Waals surface area (Å²) in [5, 5.41) is 2.74. The van der Waals surface area contributed by atoms with E-state index >= 15 is 0 Å². The molecule has 3 aromatic rings. The van der Waals surface area contributed by atoms with Gasteiger partial charge in [0.2, 0.25) is 5.91 Å². The fourth-order valence-corrected chi connectivity index (χ4v) is 4.17. The van der Waals surface area contributed by atoms with Crippen LogP contribution in [0.15, 0.2) is 54.9 Å². The number of rotatable bonds is 6. The van der Waals surface area contributed by atoms with Gasteiger partial charge in [-0.15, -0.1) is 0 Å². The first-order chi connectivity index (χ1) is 16.6. The molecule has 1 aliphatic rings. The molecule has 184 valence electrons. The molecule has 0 aliphatic carbocycles. The summed E-state index contributed by atoms with van der Waals surface area (Å²) in [5.41, 5.74) is 2.55. The third-order valence-electron chi connectivity index (χ3n) is 6.08. The van der Waals surface area contributed by atoms with Gasteiger partial charge in [-0.05, 0) is 48.7 Å². The van der Waals surface area contributed by atoms with Crippen LogP contribution in [0.2, 0.25) is 0 Å². The van der Waals surface area contributed by atoms with Gasteiger partial charge < -0.3 is 10.1 Å². The number of carbonyl (C=O) groups is 1. The molecule has 10 heteroatoms. The summed E-state index contributed by atoms with van der Waals surface area (Å²) in [4.78, 5) is 22.6. The van der Waals surface area contributed by atoms with Crippen LogP contribution in [0.4, 0.5) is 23.2 Å². The summed E-state index contributed by atoms with van der Waals surface area (Å²) in [6.07, 6.45) is -2.64. The highest BCUT2D eigenvalue weighted by molar-refractivity contribution is 5.95. The van der Waals surface area contributed by atoms with Crippen LogP contribution in [0.5, 0.6) is 5.75 Å². The number of aromatic nitrogens is 2. The summed E-state index contributed by atoms with van der Waals surface area (Å²) in [7, 11) is 1.53. The number of nitrogens with one attached hydrogen (secondary N) is 1. The average molecular weight is 488 g/mol. The van der Waals surface area contributed by atoms with E-state index < -0.39 is 29.9 Å². The molecule has 0 spiro atoms. The van der Waals surface area contributed by atoms with Gasteiger partial charge in [-0.3, -0.25) is 9.69 Å². The van der Waals surface area contributed by atoms with Crippen LogP contribution in [0, 0.1) is 18.7 Å². The van der Waals surface area contributed by atoms with E-state index in [1.807, 2.05) is 6.92 Å². The number of hydrogen-bond acceptors (Lipinski definition) is 5. The second kappa shape index (κ2) is 9.99. The van der Waals surface area contributed by atoms with Crippen molar-refractivity contribution >= 4 is 11.6 Å². The van der Waals surface area contributed by atoms with Gasteiger partial charge >= 0.3 is 6.18 Å². The van der Waals surface area contributed by atoms with Crippen LogP contribution >= 0.6 is 0 Å². The number of alkyl halides is 3. The van der Waals surface area contributed by atoms with Crippen molar-refractivity contribution in [1.29, 1.82) is 0 Å². The molecule has 0 bridgehead atoms. The predicted octanol–water partition coefficient (Wildman–Crippen LogP) is 4.99. The van der Waals surface area contributed by atoms with Crippen molar-refractivity contribution in [1.82, 2.24) is 14.9 Å². The van der Waals surface area contributed by atoms with Gasteiger partial charge in [-0.1, -0.05) is 18.2 Å². The maximum absolute atomic E-state index is 13.5. The number of halogens is 4. The highest BCUT2D eigenvalue weighted by Crippen LogP contribution is 2.38. The first kappa shape index (κ1) is 24.6. The maximum atomic E-state index is 13.5. The summed E-state index contributed by atoms with van der Waals surface area (Å²) < 4.78 is 58.9. The molecule has 1 saturated heterocycles. The summed E-state index contributed by atoms with van der Waals surface area (Å²) in [6.45, 7) is 1.74. The number of nitrogens with zero attached hydrogens (tertiary/aromatic N) is 3. The molecule has 2 atom stereocenters. The van der Waals surface area contributed by atoms with Crippen LogP contribution in [0.3, 0.4) is 0 Å². The zero-order valence-electron chi connectivity index (χ0n) is 19.1. The van der Waals surface area contributed by atoms with Crippen LogP contribution < -0.4 is 10.1 Å². The van der Waals surface area contributed by atoms with E-state index in [1.165, 1.54) is 7.11 Å². The lowest BCUT2D eigenvalue weighted by Gasteiger charge is -2.24. The Morgan fingerprint density at radius 3 is 2.46 bits per heavy atom. The fourth-order valence-electron chi connectivity index (χ4n) is 4.17. The smallest absolute Gasteiger partial charge is 0.393 e. The Bertz CT molecular complexity index is 1180. The van der Waals surface area contributed by atoms with Crippen molar-refractivity contribution in [3.63, 3.8) is 0 Å². The molecule has 1 fully saturated rings. The van der Waals surface area contributed by atoms with Crippen molar-refractivity contribution in [2.24, 2.45) is 5.92 Å². The summed E-state index contributed by atoms with van der Waals surface area (Å²) in [5.74, 6) is -1.79. The molecular weight excluding hydrogens is 464 g/mol. The van der Waals surface area contributed by atoms with E-state index in [4.69, 9.17) is 4.74 Å². The fraction of sp³-hybridized carbons (Fsp3) is 0.320. The minimum absolute atomic E-state index is 0.192. The van der Waals surface area contributed by atoms with Gasteiger partial charge in [-0.25, -0.2) is 14.4 Å². The lowest BCUT2D eigenvalue weighted by molar-refractivity contribution is -0.170. The van der Waals surface area contributed by atoms with Crippen molar-refractivity contribution in [2.75, 3.05) is 19.0 Å². The molecule has 1 aliphatic heterocycles. The Kier molecular flexibility index (Phi) is 7.02. The minimum Gasteiger partial charge on any atom is -0.497 e. The number of methoxy groups -OCH3 is 1. The second-order valence-electron chi connectivity index (χ2n) is 8.51. The van der Waals surface area contributed by atoms with Crippen molar-refractivity contribution in [3.8, 4) is 17.1 Å². The van der Waals surface area contributed by atoms with E-state index in [2.05, 4.69) is 15.3 Å². The number of benzene rings is 2. The summed E-state index contributed by atoms with van der Waals surface area (Å²) >= 11 is 0. The Labute approximate surface area is 200 Å². The summed E-state index contributed by atoms with van der Waals surface area (Å²) in [6, 6.07) is 11.1. The molecule has 0 saturated carbocycles. The molecule has 1 N–H and O–H groups in total. The van der Waals surface area contributed by atoms with Crippen LogP contribution in [0.25, 0.3) is 11.4 Å². The van der Waals surface area contributed by atoms with Crippen LogP contribution in [0.1, 0.15) is 17.5 Å². The van der Waals surface area contributed by atoms with E-state index in [0.29, 0.717) is 17.0 Å². The highest BCUT2D eigenvalue weighted by Gasteiger charge is 2.49. The first-order valence-electron chi connectivity index (χ1n) is 11.0. The molecular formula is C25H24F4N4O2. The first-order valence-corrected chi connectivity index (χ1v) is 11.0. The van der Waals surface area contributed by atoms with Gasteiger partial charge in [0.25, 0.3) is 0 Å². The number of ether oxygens (including phenoxy) is 1. The number of amides is 1. The Hall–Kier alpha value is -3.53. The molecule has 2 aromatic carbocycles. The van der Waals surface area contributed by atoms with Crippen LogP contribution in [-0.4, -0.2) is 46.6 Å². The number of carbonyl (C=O) groups excluding carboxylic acids is 1. The van der Waals surface area contributed by atoms with Crippen molar-refractivity contribution in [2.45, 2.75) is 32.1 Å². The van der Waals surface area contributed by atoms with Gasteiger partial charge in [-0.2, -0.15) is 13.2 Å². The predicted molar refractivity (Wildman–Crippen MR) is 122 cm³/mol. The van der Waals surface area contributed by atoms with Gasteiger partial charge in [0.05, 0.1) is 31.5 Å². The number of likely N-dealkylation sites (tertiary alicyclic amines) is 1. The van der Waals surface area contributed by atoms with Gasteiger partial charge in [0.15, 0.2) is 11.6 Å². The molecule has 6 nitrogen and oxygen atoms in total. The van der Waals surface area contributed by atoms with E-state index in [-0.39, 0.29) is 25.3 Å². The standard InChI is InChI=1S/C25H24F4N4O2/c1-15-3-6-19(10-21(15)23-30-11-18(26)12-31-23)32-24(34)22-9-17(25(27,28)29)14-33(22)13-16-4-7-20(35-2)8-5-16/h3-8,10-12,17,22H,9,13-14H2,1-2H3,(H,32,34)/t17-,22-/m1/s1.